The quantitative estimate of drug-likeness (QED) is 0.663. The fourth-order valence-electron chi connectivity index (χ4n) is 2.59. The van der Waals surface area contributed by atoms with Crippen LogP contribution in [0.5, 0.6) is 0 Å². The number of nitrogens with zero attached hydrogens (tertiary/aromatic N) is 4. The summed E-state index contributed by atoms with van der Waals surface area (Å²) < 4.78 is 27.9. The van der Waals surface area contributed by atoms with Crippen molar-refractivity contribution < 1.29 is 8.42 Å². The number of hydrogen-bond donors (Lipinski definition) is 0. The molecule has 0 radical (unpaired) electrons. The lowest BCUT2D eigenvalue weighted by Gasteiger charge is -2.35. The summed E-state index contributed by atoms with van der Waals surface area (Å²) in [6.45, 7) is 4.05. The lowest BCUT2D eigenvalue weighted by molar-refractivity contribution is 0.383. The largest absolute Gasteiger partial charge is 0.367 e. The molecule has 0 amide bonds. The van der Waals surface area contributed by atoms with Crippen LogP contribution in [0.2, 0.25) is 0 Å². The normalized spacial score (nSPS) is 16.7. The highest BCUT2D eigenvalue weighted by molar-refractivity contribution is 9.10. The second-order valence-electron chi connectivity index (χ2n) is 5.68. The van der Waals surface area contributed by atoms with Gasteiger partial charge < -0.3 is 4.90 Å². The Morgan fingerprint density at radius 3 is 2.48 bits per heavy atom. The van der Waals surface area contributed by atoms with Gasteiger partial charge in [0.15, 0.2) is 0 Å². The van der Waals surface area contributed by atoms with Gasteiger partial charge in [0, 0.05) is 33.2 Å². The Hall–Kier alpha value is -0.930. The molecule has 0 spiro atoms. The minimum Gasteiger partial charge on any atom is -0.367 e. The second-order valence-corrected chi connectivity index (χ2v) is 8.56. The van der Waals surface area contributed by atoms with Gasteiger partial charge >= 0.3 is 0 Å². The number of halogens is 1. The lowest BCUT2D eigenvalue weighted by Crippen LogP contribution is -2.49. The van der Waals surface area contributed by atoms with Gasteiger partial charge in [0.05, 0.1) is 17.6 Å². The van der Waals surface area contributed by atoms with Crippen LogP contribution in [-0.2, 0) is 17.1 Å². The van der Waals surface area contributed by atoms with Crippen molar-refractivity contribution in [2.75, 3.05) is 36.8 Å². The third-order valence-electron chi connectivity index (χ3n) is 4.04. The molecule has 0 bridgehead atoms. The molecule has 130 valence electrons. The zero-order valence-corrected chi connectivity index (χ0v) is 15.9. The van der Waals surface area contributed by atoms with Crippen molar-refractivity contribution in [3.8, 4) is 0 Å². The van der Waals surface area contributed by atoms with Crippen molar-refractivity contribution in [1.82, 2.24) is 14.1 Å². The first-order valence-corrected chi connectivity index (χ1v) is 10.2. The van der Waals surface area contributed by atoms with Crippen LogP contribution in [0.1, 0.15) is 26.2 Å². The van der Waals surface area contributed by atoms with E-state index in [4.69, 9.17) is 0 Å². The Labute approximate surface area is 145 Å². The number of rotatable bonds is 6. The van der Waals surface area contributed by atoms with Gasteiger partial charge in [-0.25, -0.2) is 13.1 Å². The van der Waals surface area contributed by atoms with Gasteiger partial charge in [-0.2, -0.15) is 9.40 Å². The molecule has 2 rings (SSSR count). The fraction of sp³-hybridized carbons (Fsp3) is 0.714. The molecule has 0 N–H and O–H groups in total. The molecule has 9 heteroatoms. The molecule has 1 aliphatic rings. The van der Waals surface area contributed by atoms with E-state index in [2.05, 4.69) is 28.0 Å². The van der Waals surface area contributed by atoms with Crippen molar-refractivity contribution in [2.45, 2.75) is 26.2 Å². The summed E-state index contributed by atoms with van der Waals surface area (Å²) in [7, 11) is -1.58. The van der Waals surface area contributed by atoms with E-state index in [1.54, 1.807) is 17.5 Å². The molecule has 7 nitrogen and oxygen atoms in total. The number of aryl methyl sites for hydroxylation is 1. The summed E-state index contributed by atoms with van der Waals surface area (Å²) in [4.78, 5) is 13.9. The molecular weight excluding hydrogens is 384 g/mol. The Balaban J connectivity index is 2.01. The van der Waals surface area contributed by atoms with Crippen LogP contribution in [0.4, 0.5) is 5.69 Å². The molecule has 0 saturated carbocycles. The van der Waals surface area contributed by atoms with E-state index in [1.807, 2.05) is 4.90 Å². The first kappa shape index (κ1) is 18.4. The zero-order valence-electron chi connectivity index (χ0n) is 13.5. The van der Waals surface area contributed by atoms with E-state index < -0.39 is 10.0 Å². The first-order chi connectivity index (χ1) is 10.9. The molecule has 0 atom stereocenters. The monoisotopic (exact) mass is 406 g/mol. The smallest absolute Gasteiger partial charge is 0.282 e. The predicted molar refractivity (Wildman–Crippen MR) is 94.3 cm³/mol. The van der Waals surface area contributed by atoms with Gasteiger partial charge in [0.25, 0.3) is 5.56 Å². The van der Waals surface area contributed by atoms with E-state index in [0.717, 1.165) is 18.5 Å². The van der Waals surface area contributed by atoms with Crippen LogP contribution in [0.15, 0.2) is 15.5 Å². The van der Waals surface area contributed by atoms with E-state index in [0.29, 0.717) is 37.1 Å². The molecular formula is C14H23BrN4O3S. The third kappa shape index (κ3) is 4.33. The van der Waals surface area contributed by atoms with Crippen molar-refractivity contribution in [2.24, 2.45) is 7.05 Å². The van der Waals surface area contributed by atoms with Crippen LogP contribution in [0, 0.1) is 0 Å². The second kappa shape index (κ2) is 7.76. The Morgan fingerprint density at radius 2 is 1.87 bits per heavy atom. The zero-order chi connectivity index (χ0) is 17.0. The van der Waals surface area contributed by atoms with Gasteiger partial charge in [0.1, 0.15) is 4.47 Å². The maximum atomic E-state index is 12.3. The van der Waals surface area contributed by atoms with E-state index in [1.165, 1.54) is 4.68 Å². The average Bonchev–Trinajstić information content (AvgIpc) is 2.53. The van der Waals surface area contributed by atoms with E-state index in [9.17, 15) is 13.2 Å². The molecule has 2 heterocycles. The molecule has 1 aromatic heterocycles. The van der Waals surface area contributed by atoms with Crippen molar-refractivity contribution in [3.63, 3.8) is 0 Å². The molecule has 1 saturated heterocycles. The van der Waals surface area contributed by atoms with Crippen LogP contribution in [-0.4, -0.2) is 54.4 Å². The topological polar surface area (TPSA) is 75.5 Å². The summed E-state index contributed by atoms with van der Waals surface area (Å²) in [5, 5.41) is 4.03. The van der Waals surface area contributed by atoms with E-state index in [-0.39, 0.29) is 11.3 Å². The minimum absolute atomic E-state index is 0.197. The van der Waals surface area contributed by atoms with Gasteiger partial charge in [-0.05, 0) is 22.4 Å². The van der Waals surface area contributed by atoms with Crippen molar-refractivity contribution >= 4 is 31.6 Å². The number of hydrogen-bond acceptors (Lipinski definition) is 5. The van der Waals surface area contributed by atoms with Gasteiger partial charge in [-0.15, -0.1) is 0 Å². The SMILES string of the molecule is CCCCCS(=O)(=O)N1CCN(c2cnn(C)c(=O)c2Br)CC1. The number of anilines is 1. The van der Waals surface area contributed by atoms with Crippen molar-refractivity contribution in [3.05, 3.63) is 21.0 Å². The molecule has 0 unspecified atom stereocenters. The number of aromatic nitrogens is 2. The lowest BCUT2D eigenvalue weighted by atomic mass is 10.3. The minimum atomic E-state index is -3.17. The summed E-state index contributed by atoms with van der Waals surface area (Å²) in [6.07, 6.45) is 4.29. The third-order valence-corrected chi connectivity index (χ3v) is 6.74. The highest BCUT2D eigenvalue weighted by Gasteiger charge is 2.27. The number of piperazine rings is 1. The molecule has 23 heavy (non-hydrogen) atoms. The molecule has 0 aromatic carbocycles. The number of sulfonamides is 1. The van der Waals surface area contributed by atoms with Crippen LogP contribution >= 0.6 is 15.9 Å². The average molecular weight is 407 g/mol. The summed E-state index contributed by atoms with van der Waals surface area (Å²) in [6, 6.07) is 0. The van der Waals surface area contributed by atoms with Crippen LogP contribution in [0.3, 0.4) is 0 Å². The Bertz CT molecular complexity index is 696. The maximum Gasteiger partial charge on any atom is 0.282 e. The van der Waals surface area contributed by atoms with Gasteiger partial charge in [-0.1, -0.05) is 19.8 Å². The molecule has 0 aliphatic carbocycles. The number of unbranched alkanes of at least 4 members (excludes halogenated alkanes) is 2. The Morgan fingerprint density at radius 1 is 1.22 bits per heavy atom. The summed E-state index contributed by atoms with van der Waals surface area (Å²) in [5.74, 6) is 0.220. The summed E-state index contributed by atoms with van der Waals surface area (Å²) >= 11 is 3.32. The standard InChI is InChI=1S/C14H23BrN4O3S/c1-3-4-5-10-23(21,22)19-8-6-18(7-9-19)12-11-16-17(2)14(20)13(12)15/h11H,3-10H2,1-2H3. The van der Waals surface area contributed by atoms with Crippen LogP contribution in [0.25, 0.3) is 0 Å². The predicted octanol–water partition coefficient (Wildman–Crippen LogP) is 1.18. The Kier molecular flexibility index (Phi) is 6.21. The molecule has 1 aromatic rings. The van der Waals surface area contributed by atoms with Gasteiger partial charge in [-0.3, -0.25) is 4.79 Å². The maximum absolute atomic E-state index is 12.3. The highest BCUT2D eigenvalue weighted by atomic mass is 79.9. The first-order valence-electron chi connectivity index (χ1n) is 7.81. The molecule has 1 fully saturated rings. The highest BCUT2D eigenvalue weighted by Crippen LogP contribution is 2.23. The fourth-order valence-corrected chi connectivity index (χ4v) is 4.75. The van der Waals surface area contributed by atoms with Gasteiger partial charge in [0.2, 0.25) is 10.0 Å². The van der Waals surface area contributed by atoms with Crippen molar-refractivity contribution in [1.29, 1.82) is 0 Å². The molecule has 1 aliphatic heterocycles. The summed E-state index contributed by atoms with van der Waals surface area (Å²) in [5.41, 5.74) is 0.522. The van der Waals surface area contributed by atoms with Crippen LogP contribution < -0.4 is 10.5 Å². The van der Waals surface area contributed by atoms with E-state index >= 15 is 0 Å².